The number of nitrogens with zero attached hydrogens (tertiary/aromatic N) is 7. The second-order valence-electron chi connectivity index (χ2n) is 16.6. The topological polar surface area (TPSA) is 98.1 Å². The Morgan fingerprint density at radius 1 is 1.00 bits per heavy atom. The summed E-state index contributed by atoms with van der Waals surface area (Å²) in [6.07, 6.45) is 8.76. The van der Waals surface area contributed by atoms with Crippen LogP contribution in [0.25, 0.3) is 32.9 Å². The van der Waals surface area contributed by atoms with E-state index in [1.165, 1.54) is 0 Å². The van der Waals surface area contributed by atoms with Crippen LogP contribution in [0.2, 0.25) is 5.02 Å². The molecule has 52 heavy (non-hydrogen) atoms. The van der Waals surface area contributed by atoms with E-state index in [4.69, 9.17) is 40.9 Å². The van der Waals surface area contributed by atoms with Gasteiger partial charge in [0.1, 0.15) is 22.8 Å². The molecule has 0 radical (unpaired) electrons. The highest BCUT2D eigenvalue weighted by atomic mass is 35.5. The summed E-state index contributed by atoms with van der Waals surface area (Å²) >= 11 is 7.37. The molecule has 278 valence electrons. The van der Waals surface area contributed by atoms with Gasteiger partial charge in [0.25, 0.3) is 0 Å². The summed E-state index contributed by atoms with van der Waals surface area (Å²) in [7, 11) is 3.90. The van der Waals surface area contributed by atoms with E-state index in [1.54, 1.807) is 7.11 Å². The van der Waals surface area contributed by atoms with Gasteiger partial charge in [-0.2, -0.15) is 5.10 Å². The number of anilines is 1. The van der Waals surface area contributed by atoms with Crippen molar-refractivity contribution in [1.29, 1.82) is 0 Å². The molecule has 1 spiro atoms. The summed E-state index contributed by atoms with van der Waals surface area (Å²) in [5.74, 6) is 2.71. The largest absolute Gasteiger partial charge is 0.494 e. The van der Waals surface area contributed by atoms with Crippen LogP contribution in [0.15, 0.2) is 24.4 Å². The molecule has 2 aromatic carbocycles. The molecule has 1 atom stereocenters. The Hall–Kier alpha value is -3.67. The van der Waals surface area contributed by atoms with Crippen molar-refractivity contribution in [3.8, 4) is 16.9 Å². The number of methoxy groups -OCH3 is 1. The van der Waals surface area contributed by atoms with Crippen LogP contribution in [-0.4, -0.2) is 101 Å². The third-order valence-electron chi connectivity index (χ3n) is 11.7. The smallest absolute Gasteiger partial charge is 0.410 e. The fraction of sp³-hybridized carbons (Fsp3) is 0.600. The molecule has 4 aromatic rings. The Kier molecular flexibility index (Phi) is 9.27. The summed E-state index contributed by atoms with van der Waals surface area (Å²) in [4.78, 5) is 30.1. The number of hydrogen-bond donors (Lipinski definition) is 0. The third-order valence-corrected chi connectivity index (χ3v) is 12.0. The summed E-state index contributed by atoms with van der Waals surface area (Å²) < 4.78 is 20.2. The van der Waals surface area contributed by atoms with Gasteiger partial charge in [-0.1, -0.05) is 17.7 Å². The maximum atomic E-state index is 12.7. The lowest BCUT2D eigenvalue weighted by Crippen LogP contribution is -2.62. The summed E-state index contributed by atoms with van der Waals surface area (Å²) in [6.45, 7) is 13.8. The molecule has 11 nitrogen and oxygen atoms in total. The van der Waals surface area contributed by atoms with Crippen LogP contribution in [0, 0.1) is 12.3 Å². The molecule has 0 N–H and O–H groups in total. The van der Waals surface area contributed by atoms with Crippen molar-refractivity contribution in [2.24, 2.45) is 5.41 Å². The predicted octanol–water partition coefficient (Wildman–Crippen LogP) is 7.96. The fourth-order valence-corrected chi connectivity index (χ4v) is 9.05. The Morgan fingerprint density at radius 3 is 2.42 bits per heavy atom. The van der Waals surface area contributed by atoms with Crippen LogP contribution in [-0.2, 0) is 9.47 Å². The number of amides is 1. The van der Waals surface area contributed by atoms with E-state index in [0.717, 1.165) is 141 Å². The summed E-state index contributed by atoms with van der Waals surface area (Å²) in [5, 5.41) is 7.36. The van der Waals surface area contributed by atoms with Gasteiger partial charge in [0.15, 0.2) is 12.0 Å². The molecule has 0 aliphatic carbocycles. The van der Waals surface area contributed by atoms with Gasteiger partial charge in [0.05, 0.1) is 23.8 Å². The molecule has 1 amide bonds. The van der Waals surface area contributed by atoms with Crippen LogP contribution in [0.5, 0.6) is 5.75 Å². The number of benzene rings is 2. The van der Waals surface area contributed by atoms with Crippen LogP contribution >= 0.6 is 11.6 Å². The average molecular weight is 730 g/mol. The molecule has 12 heteroatoms. The van der Waals surface area contributed by atoms with Crippen LogP contribution in [0.3, 0.4) is 0 Å². The number of likely N-dealkylation sites (tertiary alicyclic amines) is 2. The van der Waals surface area contributed by atoms with Crippen molar-refractivity contribution >= 4 is 45.3 Å². The zero-order valence-electron chi connectivity index (χ0n) is 31.5. The van der Waals surface area contributed by atoms with Crippen LogP contribution in [0.4, 0.5) is 10.6 Å². The molecule has 0 bridgehead atoms. The molecular formula is C40H52ClN7O4. The quantitative estimate of drug-likeness (QED) is 0.203. The standard InChI is InChI=1S/C40H52ClN7O4/c1-25-10-11-30-28(22-42-48(30)31-9-7-8-20-51-31)32(25)33-29(41)21-27-34(35(33)50-6)43-36(26-12-16-45(5)17-13-26)44-37(27)46-18-14-40(15-19-46)23-47(24-40)38(49)52-39(2,3)4/h10-11,21-22,26,31H,7-9,12-20,23-24H2,1-6H3. The maximum Gasteiger partial charge on any atom is 0.410 e. The fourth-order valence-electron chi connectivity index (χ4n) is 8.76. The van der Waals surface area contributed by atoms with E-state index in [1.807, 2.05) is 42.6 Å². The lowest BCUT2D eigenvalue weighted by molar-refractivity contribution is -0.0434. The van der Waals surface area contributed by atoms with Gasteiger partial charge < -0.3 is 28.9 Å². The number of fused-ring (bicyclic) bond motifs is 2. The molecular weight excluding hydrogens is 678 g/mol. The lowest BCUT2D eigenvalue weighted by Gasteiger charge is -2.53. The van der Waals surface area contributed by atoms with Gasteiger partial charge in [-0.3, -0.25) is 0 Å². The minimum atomic E-state index is -0.498. The van der Waals surface area contributed by atoms with Crippen molar-refractivity contribution in [2.45, 2.75) is 90.4 Å². The van der Waals surface area contributed by atoms with Crippen LogP contribution in [0.1, 0.15) is 89.3 Å². The first-order valence-corrected chi connectivity index (χ1v) is 19.4. The number of rotatable bonds is 5. The van der Waals surface area contributed by atoms with Crippen molar-refractivity contribution in [2.75, 3.05) is 64.9 Å². The molecule has 4 aliphatic rings. The molecule has 4 fully saturated rings. The molecule has 1 unspecified atom stereocenters. The van der Waals surface area contributed by atoms with E-state index in [0.29, 0.717) is 10.8 Å². The molecule has 4 saturated heterocycles. The number of aromatic nitrogens is 4. The molecule has 8 rings (SSSR count). The lowest BCUT2D eigenvalue weighted by atomic mass is 9.72. The minimum Gasteiger partial charge on any atom is -0.494 e. The monoisotopic (exact) mass is 729 g/mol. The summed E-state index contributed by atoms with van der Waals surface area (Å²) in [5.41, 5.74) is 4.34. The van der Waals surface area contributed by atoms with Gasteiger partial charge in [-0.05, 0) is 110 Å². The van der Waals surface area contributed by atoms with Crippen molar-refractivity contribution in [3.63, 3.8) is 0 Å². The predicted molar refractivity (Wildman–Crippen MR) is 205 cm³/mol. The number of ether oxygens (including phenoxy) is 3. The van der Waals surface area contributed by atoms with E-state index in [-0.39, 0.29) is 23.7 Å². The highest BCUT2D eigenvalue weighted by Crippen LogP contribution is 2.49. The highest BCUT2D eigenvalue weighted by molar-refractivity contribution is 6.35. The number of hydrogen-bond acceptors (Lipinski definition) is 9. The SMILES string of the molecule is COc1c(-c2c(C)ccc3c2cnn3C2CCCCO2)c(Cl)cc2c(N3CCC4(CC3)CN(C(=O)OC(C)(C)C)C4)nc(C3CCN(C)CC3)nc12. The first-order chi connectivity index (χ1) is 24.9. The average Bonchev–Trinajstić information content (AvgIpc) is 3.54. The van der Waals surface area contributed by atoms with Gasteiger partial charge in [0, 0.05) is 66.0 Å². The van der Waals surface area contributed by atoms with Gasteiger partial charge >= 0.3 is 6.09 Å². The second-order valence-corrected chi connectivity index (χ2v) is 17.0. The van der Waals surface area contributed by atoms with E-state index in [9.17, 15) is 4.79 Å². The maximum absolute atomic E-state index is 12.7. The van der Waals surface area contributed by atoms with Gasteiger partial charge in [0.2, 0.25) is 0 Å². The minimum absolute atomic E-state index is 0.0767. The normalized spacial score (nSPS) is 21.6. The Labute approximate surface area is 311 Å². The van der Waals surface area contributed by atoms with Gasteiger partial charge in [-0.15, -0.1) is 0 Å². The first kappa shape index (κ1) is 35.4. The molecule has 0 saturated carbocycles. The zero-order chi connectivity index (χ0) is 36.4. The van der Waals surface area contributed by atoms with E-state index < -0.39 is 5.60 Å². The highest BCUT2D eigenvalue weighted by Gasteiger charge is 2.48. The Morgan fingerprint density at radius 2 is 1.75 bits per heavy atom. The number of aryl methyl sites for hydroxylation is 1. The second kappa shape index (κ2) is 13.6. The molecule has 2 aromatic heterocycles. The van der Waals surface area contributed by atoms with Crippen molar-refractivity contribution in [1.82, 2.24) is 29.5 Å². The van der Waals surface area contributed by atoms with E-state index >= 15 is 0 Å². The van der Waals surface area contributed by atoms with Crippen LogP contribution < -0.4 is 9.64 Å². The Balaban J connectivity index is 1.18. The number of halogens is 1. The van der Waals surface area contributed by atoms with E-state index in [2.05, 4.69) is 35.9 Å². The third kappa shape index (κ3) is 6.47. The van der Waals surface area contributed by atoms with Crippen molar-refractivity contribution in [3.05, 3.63) is 40.8 Å². The number of carbonyl (C=O) groups excluding carboxylic acids is 1. The number of carbonyl (C=O) groups is 1. The first-order valence-electron chi connectivity index (χ1n) is 19.0. The van der Waals surface area contributed by atoms with Gasteiger partial charge in [-0.25, -0.2) is 19.4 Å². The molecule has 6 heterocycles. The number of piperidine rings is 2. The Bertz CT molecular complexity index is 1980. The van der Waals surface area contributed by atoms with Crippen molar-refractivity contribution < 1.29 is 19.0 Å². The summed E-state index contributed by atoms with van der Waals surface area (Å²) in [6, 6.07) is 6.33. The zero-order valence-corrected chi connectivity index (χ0v) is 32.3. The molecule has 4 aliphatic heterocycles.